The molecule has 0 aromatic rings. The van der Waals surface area contributed by atoms with Gasteiger partial charge in [-0.15, -0.1) is 0 Å². The van der Waals surface area contributed by atoms with Gasteiger partial charge in [0.1, 0.15) is 0 Å². The van der Waals surface area contributed by atoms with E-state index in [0.717, 1.165) is 6.54 Å². The van der Waals surface area contributed by atoms with E-state index in [4.69, 9.17) is 5.73 Å². The van der Waals surface area contributed by atoms with Gasteiger partial charge in [0.25, 0.3) is 0 Å². The molecule has 0 bridgehead atoms. The first-order chi connectivity index (χ1) is 3.30. The minimum Gasteiger partial charge on any atom is -0.327 e. The molecule has 1 rings (SSSR count). The SMILES string of the molecule is CC(N)[C@H]1C=NC1. The fourth-order valence-electron chi connectivity index (χ4n) is 0.529. The van der Waals surface area contributed by atoms with Gasteiger partial charge in [-0.05, 0) is 6.92 Å². The van der Waals surface area contributed by atoms with Crippen LogP contribution in [-0.4, -0.2) is 18.8 Å². The molecular formula is C5H10N2. The van der Waals surface area contributed by atoms with Crippen LogP contribution in [0.1, 0.15) is 6.92 Å². The maximum Gasteiger partial charge on any atom is 0.0478 e. The van der Waals surface area contributed by atoms with Crippen LogP contribution in [0.5, 0.6) is 0 Å². The highest BCUT2D eigenvalue weighted by Gasteiger charge is 2.14. The lowest BCUT2D eigenvalue weighted by atomic mass is 10.0. The van der Waals surface area contributed by atoms with Crippen LogP contribution in [0.3, 0.4) is 0 Å². The van der Waals surface area contributed by atoms with Gasteiger partial charge in [0, 0.05) is 24.7 Å². The highest BCUT2D eigenvalue weighted by atomic mass is 14.8. The van der Waals surface area contributed by atoms with Gasteiger partial charge in [0.05, 0.1) is 0 Å². The van der Waals surface area contributed by atoms with Crippen molar-refractivity contribution in [1.82, 2.24) is 0 Å². The Kier molecular flexibility index (Phi) is 1.11. The Morgan fingerprint density at radius 3 is 2.57 bits per heavy atom. The topological polar surface area (TPSA) is 38.4 Å². The molecule has 0 saturated carbocycles. The second-order valence-electron chi connectivity index (χ2n) is 2.04. The maximum absolute atomic E-state index is 5.51. The molecule has 0 aliphatic carbocycles. The molecule has 7 heavy (non-hydrogen) atoms. The van der Waals surface area contributed by atoms with Gasteiger partial charge in [0.2, 0.25) is 0 Å². The van der Waals surface area contributed by atoms with E-state index < -0.39 is 0 Å². The Bertz CT molecular complexity index is 86.1. The van der Waals surface area contributed by atoms with Crippen molar-refractivity contribution in [1.29, 1.82) is 0 Å². The fraction of sp³-hybridized carbons (Fsp3) is 0.800. The molecule has 2 nitrogen and oxygen atoms in total. The van der Waals surface area contributed by atoms with Crippen LogP contribution in [0.4, 0.5) is 0 Å². The third kappa shape index (κ3) is 0.800. The zero-order valence-electron chi connectivity index (χ0n) is 4.46. The summed E-state index contributed by atoms with van der Waals surface area (Å²) in [5.41, 5.74) is 5.51. The van der Waals surface area contributed by atoms with Crippen molar-refractivity contribution in [2.24, 2.45) is 16.6 Å². The van der Waals surface area contributed by atoms with Crippen LogP contribution >= 0.6 is 0 Å². The third-order valence-corrected chi connectivity index (χ3v) is 1.29. The number of hydrogen-bond donors (Lipinski definition) is 1. The Labute approximate surface area is 43.4 Å². The Balaban J connectivity index is 2.29. The molecule has 1 unspecified atom stereocenters. The van der Waals surface area contributed by atoms with Crippen molar-refractivity contribution in [2.75, 3.05) is 6.54 Å². The van der Waals surface area contributed by atoms with Crippen molar-refractivity contribution in [2.45, 2.75) is 13.0 Å². The molecule has 0 radical (unpaired) electrons. The van der Waals surface area contributed by atoms with Crippen molar-refractivity contribution in [3.63, 3.8) is 0 Å². The molecular weight excluding hydrogens is 88.1 g/mol. The van der Waals surface area contributed by atoms with Crippen LogP contribution in [0.25, 0.3) is 0 Å². The lowest BCUT2D eigenvalue weighted by Gasteiger charge is -2.19. The second kappa shape index (κ2) is 1.62. The normalized spacial score (nSPS) is 32.0. The van der Waals surface area contributed by atoms with E-state index in [1.54, 1.807) is 0 Å². The molecule has 0 aromatic carbocycles. The monoisotopic (exact) mass is 98.1 g/mol. The summed E-state index contributed by atoms with van der Waals surface area (Å²) >= 11 is 0. The molecule has 0 fully saturated rings. The van der Waals surface area contributed by atoms with E-state index in [2.05, 4.69) is 4.99 Å². The highest BCUT2D eigenvalue weighted by molar-refractivity contribution is 5.67. The zero-order valence-corrected chi connectivity index (χ0v) is 4.46. The number of nitrogens with two attached hydrogens (primary N) is 1. The minimum absolute atomic E-state index is 0.303. The van der Waals surface area contributed by atoms with E-state index in [0.29, 0.717) is 12.0 Å². The first-order valence-electron chi connectivity index (χ1n) is 2.56. The summed E-state index contributed by atoms with van der Waals surface area (Å²) < 4.78 is 0. The molecule has 1 aliphatic rings. The largest absolute Gasteiger partial charge is 0.327 e. The van der Waals surface area contributed by atoms with E-state index in [-0.39, 0.29) is 0 Å². The summed E-state index contributed by atoms with van der Waals surface area (Å²) in [5.74, 6) is 0.569. The summed E-state index contributed by atoms with van der Waals surface area (Å²) in [7, 11) is 0. The molecule has 2 atom stereocenters. The van der Waals surface area contributed by atoms with Gasteiger partial charge in [-0.2, -0.15) is 0 Å². The van der Waals surface area contributed by atoms with E-state index in [1.165, 1.54) is 0 Å². The van der Waals surface area contributed by atoms with Crippen molar-refractivity contribution < 1.29 is 0 Å². The van der Waals surface area contributed by atoms with Gasteiger partial charge in [0.15, 0.2) is 0 Å². The van der Waals surface area contributed by atoms with Crippen LogP contribution in [0, 0.1) is 5.92 Å². The van der Waals surface area contributed by atoms with E-state index in [9.17, 15) is 0 Å². The maximum atomic E-state index is 5.51. The van der Waals surface area contributed by atoms with Crippen molar-refractivity contribution >= 4 is 6.21 Å². The molecule has 0 aromatic heterocycles. The summed E-state index contributed by atoms with van der Waals surface area (Å²) in [6.45, 7) is 2.95. The fourth-order valence-corrected chi connectivity index (χ4v) is 0.529. The molecule has 1 heterocycles. The van der Waals surface area contributed by atoms with Gasteiger partial charge < -0.3 is 5.73 Å². The van der Waals surface area contributed by atoms with Gasteiger partial charge in [-0.25, -0.2) is 0 Å². The molecule has 40 valence electrons. The number of hydrogen-bond acceptors (Lipinski definition) is 2. The van der Waals surface area contributed by atoms with Crippen LogP contribution < -0.4 is 5.73 Å². The van der Waals surface area contributed by atoms with E-state index in [1.807, 2.05) is 13.1 Å². The second-order valence-corrected chi connectivity index (χ2v) is 2.04. The molecule has 2 heteroatoms. The predicted molar refractivity (Wildman–Crippen MR) is 30.5 cm³/mol. The molecule has 0 spiro atoms. The van der Waals surface area contributed by atoms with E-state index >= 15 is 0 Å². The lowest BCUT2D eigenvalue weighted by Crippen LogP contribution is -2.34. The number of nitrogens with zero attached hydrogens (tertiary/aromatic N) is 1. The zero-order chi connectivity index (χ0) is 5.28. The Hall–Kier alpha value is -0.370. The first-order valence-corrected chi connectivity index (χ1v) is 2.56. The highest BCUT2D eigenvalue weighted by Crippen LogP contribution is 2.05. The van der Waals surface area contributed by atoms with Gasteiger partial charge >= 0.3 is 0 Å². The molecule has 1 aliphatic heterocycles. The average molecular weight is 98.1 g/mol. The molecule has 2 N–H and O–H groups in total. The molecule has 0 amide bonds. The van der Waals surface area contributed by atoms with Crippen LogP contribution in [-0.2, 0) is 0 Å². The lowest BCUT2D eigenvalue weighted by molar-refractivity contribution is 0.550. The summed E-state index contributed by atoms with van der Waals surface area (Å²) in [6.07, 6.45) is 1.92. The minimum atomic E-state index is 0.303. The van der Waals surface area contributed by atoms with Crippen molar-refractivity contribution in [3.8, 4) is 0 Å². The predicted octanol–water partition coefficient (Wildman–Crippen LogP) is 0.0342. The summed E-state index contributed by atoms with van der Waals surface area (Å²) in [4.78, 5) is 3.91. The molecule has 0 saturated heterocycles. The summed E-state index contributed by atoms with van der Waals surface area (Å²) in [5, 5.41) is 0. The standard InChI is InChI=1S/C5H10N2/c1-4(6)5-2-7-3-5/h2,4-5H,3,6H2,1H3/t4?,5-/m0/s1. The van der Waals surface area contributed by atoms with Crippen LogP contribution in [0.15, 0.2) is 4.99 Å². The smallest absolute Gasteiger partial charge is 0.0478 e. The van der Waals surface area contributed by atoms with Crippen molar-refractivity contribution in [3.05, 3.63) is 0 Å². The summed E-state index contributed by atoms with van der Waals surface area (Å²) in [6, 6.07) is 0.303. The van der Waals surface area contributed by atoms with Gasteiger partial charge in [-0.1, -0.05) is 0 Å². The quantitative estimate of drug-likeness (QED) is 0.494. The van der Waals surface area contributed by atoms with Crippen LogP contribution in [0.2, 0.25) is 0 Å². The third-order valence-electron chi connectivity index (χ3n) is 1.29. The first kappa shape index (κ1) is 4.78. The Morgan fingerprint density at radius 1 is 2.00 bits per heavy atom. The number of aliphatic imine (C=N–C) groups is 1. The Morgan fingerprint density at radius 2 is 2.57 bits per heavy atom. The number of rotatable bonds is 1. The van der Waals surface area contributed by atoms with Gasteiger partial charge in [-0.3, -0.25) is 4.99 Å². The average Bonchev–Trinajstić information content (AvgIpc) is 1.23.